The van der Waals surface area contributed by atoms with E-state index in [1.165, 1.54) is 12.1 Å². The first-order valence-corrected chi connectivity index (χ1v) is 7.52. The maximum absolute atomic E-state index is 10.7. The Morgan fingerprint density at radius 2 is 1.86 bits per heavy atom. The van der Waals surface area contributed by atoms with Gasteiger partial charge in [0.05, 0.1) is 16.7 Å². The van der Waals surface area contributed by atoms with Crippen molar-refractivity contribution in [3.05, 3.63) is 52.3 Å². The van der Waals surface area contributed by atoms with E-state index in [4.69, 9.17) is 4.74 Å². The number of rotatable bonds is 5. The van der Waals surface area contributed by atoms with Crippen LogP contribution in [-0.4, -0.2) is 12.0 Å². The minimum Gasteiger partial charge on any atom is -0.460 e. The zero-order valence-electron chi connectivity index (χ0n) is 14.6. The molecule has 0 bridgehead atoms. The summed E-state index contributed by atoms with van der Waals surface area (Å²) in [6.07, 6.45) is 5.50. The van der Waals surface area contributed by atoms with Crippen LogP contribution in [0.15, 0.2) is 42.2 Å². The molecule has 0 saturated carbocycles. The molecule has 1 rings (SSSR count). The van der Waals surface area contributed by atoms with E-state index in [0.29, 0.717) is 17.2 Å². The highest BCUT2D eigenvalue weighted by atomic mass is 16.6. The molecule has 0 radical (unpaired) electrons. The van der Waals surface area contributed by atoms with Crippen molar-refractivity contribution in [2.24, 2.45) is 0 Å². The second-order valence-electron chi connectivity index (χ2n) is 3.59. The van der Waals surface area contributed by atoms with Gasteiger partial charge in [0.2, 0.25) is 0 Å². The van der Waals surface area contributed by atoms with Crippen molar-refractivity contribution in [3.63, 3.8) is 0 Å². The number of nitrogens with one attached hydrogen (secondary N) is 1. The van der Waals surface area contributed by atoms with Crippen molar-refractivity contribution in [2.75, 3.05) is 12.4 Å². The molecule has 1 aromatic carbocycles. The molecule has 1 N–H and O–H groups in total. The van der Waals surface area contributed by atoms with E-state index >= 15 is 0 Å². The summed E-state index contributed by atoms with van der Waals surface area (Å²) >= 11 is 0. The van der Waals surface area contributed by atoms with Crippen LogP contribution in [0.2, 0.25) is 0 Å². The summed E-state index contributed by atoms with van der Waals surface area (Å²) in [6, 6.07) is 4.46. The lowest BCUT2D eigenvalue weighted by atomic mass is 10.2. The molecular formula is C17H28N2O3. The number of non-ortho nitro benzene ring substituents is 1. The van der Waals surface area contributed by atoms with Crippen LogP contribution in [-0.2, 0) is 0 Å². The van der Waals surface area contributed by atoms with Crippen LogP contribution in [0.25, 0.3) is 0 Å². The highest BCUT2D eigenvalue weighted by Crippen LogP contribution is 2.30. The fourth-order valence-corrected chi connectivity index (χ4v) is 1.35. The molecule has 124 valence electrons. The fraction of sp³-hybridized carbons (Fsp3) is 0.412. The number of allylic oxidation sites excluding steroid dienone is 4. The number of hydrogen-bond donors (Lipinski definition) is 1. The van der Waals surface area contributed by atoms with E-state index in [2.05, 4.69) is 5.32 Å². The minimum atomic E-state index is -0.447. The zero-order chi connectivity index (χ0) is 17.5. The van der Waals surface area contributed by atoms with E-state index in [1.807, 2.05) is 46.8 Å². The highest BCUT2D eigenvalue weighted by Gasteiger charge is 2.11. The van der Waals surface area contributed by atoms with Gasteiger partial charge in [-0.25, -0.2) is 0 Å². The van der Waals surface area contributed by atoms with Crippen LogP contribution in [0.5, 0.6) is 5.75 Å². The number of nitrogens with zero attached hydrogens (tertiary/aromatic N) is 1. The number of anilines is 1. The first-order valence-electron chi connectivity index (χ1n) is 7.52. The molecular weight excluding hydrogens is 280 g/mol. The molecule has 0 aromatic heterocycles. The Kier molecular flexibility index (Phi) is 13.7. The Morgan fingerprint density at radius 3 is 2.32 bits per heavy atom. The van der Waals surface area contributed by atoms with Gasteiger partial charge in [0.15, 0.2) is 5.75 Å². The highest BCUT2D eigenvalue weighted by molar-refractivity contribution is 5.60. The Bertz CT molecular complexity index is 495. The largest absolute Gasteiger partial charge is 0.460 e. The number of nitro benzene ring substituents is 1. The van der Waals surface area contributed by atoms with Gasteiger partial charge < -0.3 is 10.1 Å². The summed E-state index contributed by atoms with van der Waals surface area (Å²) in [5, 5.41) is 13.6. The van der Waals surface area contributed by atoms with Gasteiger partial charge in [0.25, 0.3) is 5.69 Å². The molecule has 0 fully saturated rings. The zero-order valence-corrected chi connectivity index (χ0v) is 14.6. The van der Waals surface area contributed by atoms with Crippen molar-refractivity contribution >= 4 is 11.4 Å². The molecule has 0 spiro atoms. The summed E-state index contributed by atoms with van der Waals surface area (Å²) in [5.74, 6) is 1.09. The van der Waals surface area contributed by atoms with Gasteiger partial charge in [-0.3, -0.25) is 10.1 Å². The van der Waals surface area contributed by atoms with Gasteiger partial charge in [-0.15, -0.1) is 0 Å². The lowest BCUT2D eigenvalue weighted by molar-refractivity contribution is -0.384. The molecule has 22 heavy (non-hydrogen) atoms. The molecule has 0 aliphatic carbocycles. The molecule has 0 aliphatic rings. The monoisotopic (exact) mass is 308 g/mol. The average molecular weight is 308 g/mol. The second kappa shape index (κ2) is 13.7. The second-order valence-corrected chi connectivity index (χ2v) is 3.59. The van der Waals surface area contributed by atoms with E-state index < -0.39 is 4.92 Å². The molecule has 0 atom stereocenters. The van der Waals surface area contributed by atoms with Crippen LogP contribution in [0.1, 0.15) is 41.5 Å². The van der Waals surface area contributed by atoms with Crippen LogP contribution >= 0.6 is 0 Å². The van der Waals surface area contributed by atoms with Gasteiger partial charge in [-0.1, -0.05) is 39.8 Å². The molecule has 0 saturated heterocycles. The molecule has 0 amide bonds. The van der Waals surface area contributed by atoms with Gasteiger partial charge in [0, 0.05) is 13.1 Å². The van der Waals surface area contributed by atoms with Gasteiger partial charge in [0.1, 0.15) is 5.76 Å². The third-order valence-electron chi connectivity index (χ3n) is 2.24. The van der Waals surface area contributed by atoms with Crippen molar-refractivity contribution in [2.45, 2.75) is 41.5 Å². The molecule has 0 heterocycles. The smallest absolute Gasteiger partial charge is 0.273 e. The van der Waals surface area contributed by atoms with E-state index in [-0.39, 0.29) is 5.69 Å². The van der Waals surface area contributed by atoms with Gasteiger partial charge in [-0.2, -0.15) is 0 Å². The van der Waals surface area contributed by atoms with Crippen LogP contribution in [0, 0.1) is 10.1 Å². The van der Waals surface area contributed by atoms with E-state index in [0.717, 1.165) is 0 Å². The molecule has 0 unspecified atom stereocenters. The Labute approximate surface area is 133 Å². The molecule has 1 aromatic rings. The lowest BCUT2D eigenvalue weighted by Crippen LogP contribution is -1.98. The van der Waals surface area contributed by atoms with E-state index in [9.17, 15) is 10.1 Å². The maximum Gasteiger partial charge on any atom is 0.273 e. The number of ether oxygens (including phenoxy) is 1. The van der Waals surface area contributed by atoms with Gasteiger partial charge in [-0.05, 0) is 26.0 Å². The lowest BCUT2D eigenvalue weighted by Gasteiger charge is -2.10. The number of hydrogen-bond acceptors (Lipinski definition) is 4. The van der Waals surface area contributed by atoms with Crippen molar-refractivity contribution < 1.29 is 9.66 Å². The number of benzene rings is 1. The maximum atomic E-state index is 10.7. The van der Waals surface area contributed by atoms with Crippen molar-refractivity contribution in [1.29, 1.82) is 0 Å². The summed E-state index contributed by atoms with van der Waals surface area (Å²) in [4.78, 5) is 10.3. The Hall–Kier alpha value is -2.30. The first kappa shape index (κ1) is 22.0. The number of nitro groups is 1. The van der Waals surface area contributed by atoms with Crippen molar-refractivity contribution in [3.8, 4) is 5.75 Å². The first-order chi connectivity index (χ1) is 10.6. The topological polar surface area (TPSA) is 64.4 Å². The minimum absolute atomic E-state index is 0.00262. The molecule has 5 heteroatoms. The summed E-state index contributed by atoms with van der Waals surface area (Å²) in [6.45, 7) is 11.7. The summed E-state index contributed by atoms with van der Waals surface area (Å²) in [7, 11) is 1.74. The van der Waals surface area contributed by atoms with Crippen LogP contribution < -0.4 is 10.1 Å². The molecule has 5 nitrogen and oxygen atoms in total. The van der Waals surface area contributed by atoms with Crippen molar-refractivity contribution in [1.82, 2.24) is 0 Å². The van der Waals surface area contributed by atoms with Crippen LogP contribution in [0.4, 0.5) is 11.4 Å². The molecule has 0 aliphatic heterocycles. The average Bonchev–Trinajstić information content (AvgIpc) is 2.56. The Morgan fingerprint density at radius 1 is 1.27 bits per heavy atom. The van der Waals surface area contributed by atoms with Gasteiger partial charge >= 0.3 is 0 Å². The third-order valence-corrected chi connectivity index (χ3v) is 2.24. The fourth-order valence-electron chi connectivity index (χ4n) is 1.35. The normalized spacial score (nSPS) is 10.0. The van der Waals surface area contributed by atoms with E-state index in [1.54, 1.807) is 26.1 Å². The SMILES string of the molecule is C/C=C\C=C(/C)Oc1cc([N+](=O)[O-])ccc1NC.CC.CC. The quantitative estimate of drug-likeness (QED) is 0.335. The van der Waals surface area contributed by atoms with Crippen LogP contribution in [0.3, 0.4) is 0 Å². The predicted molar refractivity (Wildman–Crippen MR) is 94.5 cm³/mol. The predicted octanol–water partition coefficient (Wildman–Crippen LogP) is 5.55. The standard InChI is InChI=1S/C13H16N2O3.2C2H6/c1-4-5-6-10(2)18-13-9-11(15(16)17)7-8-12(13)14-3;2*1-2/h4-9,14H,1-3H3;2*1-2H3/b5-4-,10-6+;;. The summed E-state index contributed by atoms with van der Waals surface area (Å²) < 4.78 is 5.57. The Balaban J connectivity index is 0. The summed E-state index contributed by atoms with van der Waals surface area (Å²) in [5.41, 5.74) is 0.705. The third kappa shape index (κ3) is 8.09.